The van der Waals surface area contributed by atoms with Crippen LogP contribution in [-0.4, -0.2) is 69.5 Å². The van der Waals surface area contributed by atoms with E-state index in [0.29, 0.717) is 29.6 Å². The predicted octanol–water partition coefficient (Wildman–Crippen LogP) is 3.39. The maximum absolute atomic E-state index is 11.9. The summed E-state index contributed by atoms with van der Waals surface area (Å²) in [4.78, 5) is 18.4. The van der Waals surface area contributed by atoms with Crippen LogP contribution in [0.25, 0.3) is 10.8 Å². The normalized spacial score (nSPS) is 15.4. The molecule has 11 nitrogen and oxygen atoms in total. The first-order valence-electron chi connectivity index (χ1n) is 12.9. The van der Waals surface area contributed by atoms with E-state index >= 15 is 0 Å². The molecule has 0 bridgehead atoms. The van der Waals surface area contributed by atoms with Crippen LogP contribution in [0.4, 0.5) is 28.7 Å². The van der Waals surface area contributed by atoms with Crippen LogP contribution in [0, 0.1) is 0 Å². The van der Waals surface area contributed by atoms with Crippen molar-refractivity contribution in [1.82, 2.24) is 15.0 Å². The Balaban J connectivity index is 1.20. The molecule has 40 heavy (non-hydrogen) atoms. The van der Waals surface area contributed by atoms with E-state index in [0.717, 1.165) is 59.8 Å². The minimum Gasteiger partial charge on any atom is -0.496 e. The SMILES string of the molecule is COc1ccc(N2CCN(c3cc(Nc4ccc5c(c4)CCN5S(N)(=O)=O)nc(SC)n3)CC2)c2ccncc12. The molecule has 4 aromatic rings. The highest BCUT2D eigenvalue weighted by Gasteiger charge is 2.27. The lowest BCUT2D eigenvalue weighted by atomic mass is 10.1. The zero-order valence-corrected chi connectivity index (χ0v) is 23.9. The van der Waals surface area contributed by atoms with Crippen LogP contribution in [-0.2, 0) is 16.6 Å². The molecule has 208 valence electrons. The average molecular weight is 579 g/mol. The van der Waals surface area contributed by atoms with Crippen molar-refractivity contribution in [3.8, 4) is 5.75 Å². The van der Waals surface area contributed by atoms with Gasteiger partial charge in [-0.2, -0.15) is 8.42 Å². The summed E-state index contributed by atoms with van der Waals surface area (Å²) in [5, 5.41) is 11.6. The molecule has 0 atom stereocenters. The van der Waals surface area contributed by atoms with E-state index in [9.17, 15) is 8.42 Å². The minimum absolute atomic E-state index is 0.348. The number of aromatic nitrogens is 3. The summed E-state index contributed by atoms with van der Waals surface area (Å²) in [5.74, 6) is 2.37. The number of thioether (sulfide) groups is 1. The van der Waals surface area contributed by atoms with Crippen LogP contribution in [0.2, 0.25) is 0 Å². The molecule has 0 amide bonds. The second kappa shape index (κ2) is 10.6. The van der Waals surface area contributed by atoms with Crippen molar-refractivity contribution in [2.75, 3.05) is 65.5 Å². The number of nitrogens with one attached hydrogen (secondary N) is 1. The first-order chi connectivity index (χ1) is 19.3. The Morgan fingerprint density at radius 2 is 1.73 bits per heavy atom. The summed E-state index contributed by atoms with van der Waals surface area (Å²) in [6.07, 6.45) is 6.24. The van der Waals surface area contributed by atoms with Crippen molar-refractivity contribution in [2.45, 2.75) is 11.6 Å². The number of rotatable bonds is 7. The van der Waals surface area contributed by atoms with E-state index in [-0.39, 0.29) is 0 Å². The van der Waals surface area contributed by atoms with Crippen molar-refractivity contribution in [3.05, 3.63) is 60.4 Å². The van der Waals surface area contributed by atoms with Gasteiger partial charge in [-0.3, -0.25) is 9.29 Å². The Hall–Kier alpha value is -3.81. The first kappa shape index (κ1) is 26.4. The number of fused-ring (bicyclic) bond motifs is 2. The molecular weight excluding hydrogens is 548 g/mol. The van der Waals surface area contributed by atoms with Crippen molar-refractivity contribution >= 4 is 61.4 Å². The summed E-state index contributed by atoms with van der Waals surface area (Å²) >= 11 is 1.49. The van der Waals surface area contributed by atoms with Gasteiger partial charge in [-0.15, -0.1) is 0 Å². The van der Waals surface area contributed by atoms with Crippen molar-refractivity contribution in [2.24, 2.45) is 5.14 Å². The zero-order valence-electron chi connectivity index (χ0n) is 22.2. The number of anilines is 5. The van der Waals surface area contributed by atoms with Gasteiger partial charge in [-0.25, -0.2) is 15.1 Å². The Bertz CT molecular complexity index is 1680. The summed E-state index contributed by atoms with van der Waals surface area (Å²) in [5.41, 5.74) is 3.55. The molecule has 0 unspecified atom stereocenters. The number of hydrogen-bond donors (Lipinski definition) is 2. The highest BCUT2D eigenvalue weighted by molar-refractivity contribution is 7.98. The number of pyridine rings is 1. The quantitative estimate of drug-likeness (QED) is 0.249. The molecule has 0 radical (unpaired) electrons. The van der Waals surface area contributed by atoms with Crippen LogP contribution in [0.1, 0.15) is 5.56 Å². The van der Waals surface area contributed by atoms with Crippen LogP contribution in [0.3, 0.4) is 0 Å². The second-order valence-electron chi connectivity index (χ2n) is 9.62. The lowest BCUT2D eigenvalue weighted by Gasteiger charge is -2.37. The van der Waals surface area contributed by atoms with Crippen LogP contribution >= 0.6 is 11.8 Å². The van der Waals surface area contributed by atoms with Gasteiger partial charge >= 0.3 is 0 Å². The van der Waals surface area contributed by atoms with Gasteiger partial charge in [0.25, 0.3) is 10.2 Å². The average Bonchev–Trinajstić information content (AvgIpc) is 3.41. The topological polar surface area (TPSA) is 130 Å². The summed E-state index contributed by atoms with van der Waals surface area (Å²) < 4.78 is 30.5. The molecule has 0 spiro atoms. The molecule has 0 aliphatic carbocycles. The van der Waals surface area contributed by atoms with Crippen LogP contribution in [0.15, 0.2) is 60.0 Å². The predicted molar refractivity (Wildman–Crippen MR) is 160 cm³/mol. The molecule has 4 heterocycles. The van der Waals surface area contributed by atoms with Gasteiger partial charge in [0, 0.05) is 73.3 Å². The lowest BCUT2D eigenvalue weighted by molar-refractivity contribution is 0.419. The lowest BCUT2D eigenvalue weighted by Crippen LogP contribution is -2.47. The van der Waals surface area contributed by atoms with Gasteiger partial charge in [-0.1, -0.05) is 11.8 Å². The Morgan fingerprint density at radius 1 is 0.950 bits per heavy atom. The maximum atomic E-state index is 11.9. The summed E-state index contributed by atoms with van der Waals surface area (Å²) in [6, 6.07) is 13.7. The van der Waals surface area contributed by atoms with Crippen LogP contribution in [0.5, 0.6) is 5.75 Å². The number of piperazine rings is 1. The van der Waals surface area contributed by atoms with Gasteiger partial charge in [0.2, 0.25) is 0 Å². The highest BCUT2D eigenvalue weighted by Crippen LogP contribution is 2.35. The number of nitrogens with two attached hydrogens (primary N) is 1. The monoisotopic (exact) mass is 578 g/mol. The molecular formula is C27H30N8O3S2. The van der Waals surface area contributed by atoms with Gasteiger partial charge < -0.3 is 19.9 Å². The fraction of sp³-hybridized carbons (Fsp3) is 0.296. The fourth-order valence-corrected chi connectivity index (χ4v) is 6.54. The standard InChI is InChI=1S/C27H30N8O3S2/c1-38-24-6-5-23(20-7-9-29-17-21(20)24)33-11-13-34(14-12-33)26-16-25(31-27(32-26)39-2)30-19-3-4-22-18(15-19)8-10-35(22)40(28,36)37/h3-7,9,15-17H,8,10-14H2,1-2H3,(H2,28,36,37)(H,30,31,32). The Morgan fingerprint density at radius 3 is 2.48 bits per heavy atom. The molecule has 0 saturated carbocycles. The van der Waals surface area contributed by atoms with Gasteiger partial charge in [-0.05, 0) is 54.6 Å². The number of methoxy groups -OCH3 is 1. The number of nitrogens with zero attached hydrogens (tertiary/aromatic N) is 6. The molecule has 13 heteroatoms. The molecule has 2 aromatic carbocycles. The largest absolute Gasteiger partial charge is 0.496 e. The first-order valence-corrected chi connectivity index (χ1v) is 15.6. The van der Waals surface area contributed by atoms with Crippen molar-refractivity contribution in [3.63, 3.8) is 0 Å². The van der Waals surface area contributed by atoms with Gasteiger partial charge in [0.05, 0.1) is 12.8 Å². The molecule has 3 N–H and O–H groups in total. The van der Waals surface area contributed by atoms with Gasteiger partial charge in [0.1, 0.15) is 17.4 Å². The maximum Gasteiger partial charge on any atom is 0.299 e. The molecule has 1 fully saturated rings. The Kier molecular flexibility index (Phi) is 7.02. The molecule has 2 aliphatic rings. The minimum atomic E-state index is -3.78. The molecule has 6 rings (SSSR count). The van der Waals surface area contributed by atoms with E-state index in [1.165, 1.54) is 21.8 Å². The fourth-order valence-electron chi connectivity index (χ4n) is 5.37. The van der Waals surface area contributed by atoms with E-state index in [2.05, 4.69) is 31.2 Å². The van der Waals surface area contributed by atoms with Gasteiger partial charge in [0.15, 0.2) is 5.16 Å². The zero-order chi connectivity index (χ0) is 27.9. The van der Waals surface area contributed by atoms with Crippen molar-refractivity contribution in [1.29, 1.82) is 0 Å². The molecule has 2 aliphatic heterocycles. The highest BCUT2D eigenvalue weighted by atomic mass is 32.2. The third-order valence-corrected chi connectivity index (χ3v) is 8.85. The smallest absolute Gasteiger partial charge is 0.299 e. The number of hydrogen-bond acceptors (Lipinski definition) is 10. The third kappa shape index (κ3) is 5.07. The molecule has 1 saturated heterocycles. The summed E-state index contributed by atoms with van der Waals surface area (Å²) in [6.45, 7) is 3.66. The number of benzene rings is 2. The third-order valence-electron chi connectivity index (χ3n) is 7.31. The van der Waals surface area contributed by atoms with E-state index in [1.807, 2.05) is 49.0 Å². The number of ether oxygens (including phenoxy) is 1. The van der Waals surface area contributed by atoms with Crippen molar-refractivity contribution < 1.29 is 13.2 Å². The summed E-state index contributed by atoms with van der Waals surface area (Å²) in [7, 11) is -2.10. The Labute approximate surface area is 237 Å². The van der Waals surface area contributed by atoms with E-state index in [4.69, 9.17) is 14.9 Å². The second-order valence-corrected chi connectivity index (χ2v) is 11.9. The van der Waals surface area contributed by atoms with E-state index in [1.54, 1.807) is 13.2 Å². The van der Waals surface area contributed by atoms with E-state index < -0.39 is 10.2 Å². The van der Waals surface area contributed by atoms with Crippen LogP contribution < -0.4 is 29.3 Å². The molecule has 2 aromatic heterocycles.